The summed E-state index contributed by atoms with van der Waals surface area (Å²) in [6, 6.07) is 12.9. The Morgan fingerprint density at radius 1 is 1.15 bits per heavy atom. The fraction of sp³-hybridized carbons (Fsp3) is 0.500. The highest BCUT2D eigenvalue weighted by Gasteiger charge is 2.25. The van der Waals surface area contributed by atoms with Crippen LogP contribution in [0.5, 0.6) is 0 Å². The molecule has 0 spiro atoms. The Kier molecular flexibility index (Phi) is 7.99. The van der Waals surface area contributed by atoms with E-state index < -0.39 is 0 Å². The molecule has 2 aromatic rings. The fourth-order valence-corrected chi connectivity index (χ4v) is 5.22. The van der Waals surface area contributed by atoms with Crippen molar-refractivity contribution < 1.29 is 5.11 Å². The number of thiophene rings is 1. The number of unbranched alkanes of at least 4 members (excludes halogenated alkanes) is 2. The summed E-state index contributed by atoms with van der Waals surface area (Å²) in [6.45, 7) is 2.19. The Hall–Kier alpha value is -1.09. The summed E-state index contributed by atoms with van der Waals surface area (Å²) in [5, 5.41) is 13.6. The molecule has 27 heavy (non-hydrogen) atoms. The van der Waals surface area contributed by atoms with Gasteiger partial charge < -0.3 is 5.11 Å². The van der Waals surface area contributed by atoms with Crippen LogP contribution in [-0.4, -0.2) is 5.11 Å². The Labute approximate surface area is 173 Å². The molecule has 1 N–H and O–H groups in total. The quantitative estimate of drug-likeness (QED) is 0.403. The number of benzene rings is 1. The van der Waals surface area contributed by atoms with Gasteiger partial charge in [-0.3, -0.25) is 0 Å². The van der Waals surface area contributed by atoms with Gasteiger partial charge >= 0.3 is 0 Å². The molecule has 0 saturated carbocycles. The maximum atomic E-state index is 10.4. The lowest BCUT2D eigenvalue weighted by Crippen LogP contribution is -2.02. The van der Waals surface area contributed by atoms with Crippen molar-refractivity contribution in [1.29, 1.82) is 0 Å². The first-order valence-electron chi connectivity index (χ1n) is 10.4. The van der Waals surface area contributed by atoms with Crippen LogP contribution in [0.1, 0.15) is 80.4 Å². The van der Waals surface area contributed by atoms with E-state index in [2.05, 4.69) is 48.7 Å². The van der Waals surface area contributed by atoms with Gasteiger partial charge in [0.15, 0.2) is 0 Å². The minimum Gasteiger partial charge on any atom is -0.388 e. The van der Waals surface area contributed by atoms with Gasteiger partial charge in [-0.25, -0.2) is 0 Å². The highest BCUT2D eigenvalue weighted by Crippen LogP contribution is 2.43. The molecule has 0 aliphatic heterocycles. The summed E-state index contributed by atoms with van der Waals surface area (Å²) in [5.41, 5.74) is 3.61. The Balaban J connectivity index is 1.60. The third-order valence-electron chi connectivity index (χ3n) is 5.66. The normalized spacial score (nSPS) is 18.3. The van der Waals surface area contributed by atoms with Crippen molar-refractivity contribution in [2.45, 2.75) is 70.8 Å². The Bertz CT molecular complexity index is 717. The minimum absolute atomic E-state index is 0.347. The number of aryl methyl sites for hydroxylation is 1. The van der Waals surface area contributed by atoms with E-state index in [4.69, 9.17) is 11.6 Å². The van der Waals surface area contributed by atoms with Gasteiger partial charge in [-0.15, -0.1) is 11.3 Å². The molecule has 1 heterocycles. The highest BCUT2D eigenvalue weighted by molar-refractivity contribution is 7.09. The van der Waals surface area contributed by atoms with Gasteiger partial charge in [-0.05, 0) is 72.6 Å². The summed E-state index contributed by atoms with van der Waals surface area (Å²) >= 11 is 8.46. The molecule has 0 unspecified atom stereocenters. The van der Waals surface area contributed by atoms with E-state index >= 15 is 0 Å². The van der Waals surface area contributed by atoms with Crippen LogP contribution < -0.4 is 0 Å². The maximum Gasteiger partial charge on any atom is 0.0790 e. The van der Waals surface area contributed by atoms with Gasteiger partial charge in [-0.2, -0.15) is 0 Å². The van der Waals surface area contributed by atoms with Crippen LogP contribution in [0.15, 0.2) is 46.8 Å². The molecular weight excluding hydrogens is 372 g/mol. The van der Waals surface area contributed by atoms with Gasteiger partial charge in [0.05, 0.1) is 6.10 Å². The lowest BCUT2D eigenvalue weighted by atomic mass is 9.89. The predicted octanol–water partition coefficient (Wildman–Crippen LogP) is 7.74. The van der Waals surface area contributed by atoms with Gasteiger partial charge in [0.25, 0.3) is 0 Å². The largest absolute Gasteiger partial charge is 0.388 e. The van der Waals surface area contributed by atoms with E-state index in [9.17, 15) is 5.11 Å². The molecule has 1 aromatic carbocycles. The average molecular weight is 403 g/mol. The van der Waals surface area contributed by atoms with E-state index in [0.29, 0.717) is 5.92 Å². The summed E-state index contributed by atoms with van der Waals surface area (Å²) in [7, 11) is 0. The molecule has 0 radical (unpaired) electrons. The van der Waals surface area contributed by atoms with Crippen LogP contribution >= 0.6 is 22.9 Å². The number of rotatable bonds is 10. The van der Waals surface area contributed by atoms with Crippen molar-refractivity contribution in [1.82, 2.24) is 0 Å². The summed E-state index contributed by atoms with van der Waals surface area (Å²) in [4.78, 5) is 1.48. The first-order valence-corrected chi connectivity index (χ1v) is 11.6. The lowest BCUT2D eigenvalue weighted by molar-refractivity contribution is 0.163. The van der Waals surface area contributed by atoms with Gasteiger partial charge in [-0.1, -0.05) is 68.1 Å². The molecule has 2 atom stereocenters. The second-order valence-electron chi connectivity index (χ2n) is 7.66. The van der Waals surface area contributed by atoms with Crippen molar-refractivity contribution in [3.05, 3.63) is 62.8 Å². The highest BCUT2D eigenvalue weighted by atomic mass is 35.5. The molecule has 3 rings (SSSR count). The van der Waals surface area contributed by atoms with Crippen molar-refractivity contribution in [3.63, 3.8) is 0 Å². The third kappa shape index (κ3) is 5.70. The topological polar surface area (TPSA) is 20.2 Å². The molecule has 1 nitrogen and oxygen atoms in total. The van der Waals surface area contributed by atoms with Crippen LogP contribution in [0.3, 0.4) is 0 Å². The molecule has 1 aliphatic carbocycles. The van der Waals surface area contributed by atoms with Gasteiger partial charge in [0.1, 0.15) is 0 Å². The predicted molar refractivity (Wildman–Crippen MR) is 118 cm³/mol. The summed E-state index contributed by atoms with van der Waals surface area (Å²) in [5.74, 6) is 0.567. The van der Waals surface area contributed by atoms with E-state index in [0.717, 1.165) is 29.9 Å². The van der Waals surface area contributed by atoms with E-state index in [-0.39, 0.29) is 6.10 Å². The van der Waals surface area contributed by atoms with Crippen LogP contribution in [0.2, 0.25) is 0 Å². The van der Waals surface area contributed by atoms with E-state index in [1.165, 1.54) is 54.5 Å². The summed E-state index contributed by atoms with van der Waals surface area (Å²) < 4.78 is 0. The van der Waals surface area contributed by atoms with Crippen molar-refractivity contribution in [3.8, 4) is 0 Å². The first-order chi connectivity index (χ1) is 13.2. The standard InChI is InChI=1S/C24H31ClOS/c1-2-3-4-10-23(26)18-11-13-20(14-12-18)24-19(15-16-22(24)25)7-5-8-21-9-6-17-27-21/h6,9,11-14,17,19,23,26H,2-5,7-8,10,15-16H2,1H3/t19-,23+/m0/s1. The second-order valence-corrected chi connectivity index (χ2v) is 9.15. The van der Waals surface area contributed by atoms with Crippen molar-refractivity contribution >= 4 is 28.5 Å². The first kappa shape index (κ1) is 20.6. The maximum absolute atomic E-state index is 10.4. The number of halogens is 1. The molecule has 0 bridgehead atoms. The third-order valence-corrected chi connectivity index (χ3v) is 6.98. The Morgan fingerprint density at radius 2 is 1.96 bits per heavy atom. The van der Waals surface area contributed by atoms with Crippen LogP contribution in [0, 0.1) is 5.92 Å². The minimum atomic E-state index is -0.347. The second kappa shape index (κ2) is 10.5. The number of aliphatic hydroxyl groups is 1. The van der Waals surface area contributed by atoms with Crippen LogP contribution in [0.25, 0.3) is 5.57 Å². The Morgan fingerprint density at radius 3 is 2.67 bits per heavy atom. The van der Waals surface area contributed by atoms with Crippen LogP contribution in [-0.2, 0) is 6.42 Å². The molecule has 146 valence electrons. The lowest BCUT2D eigenvalue weighted by Gasteiger charge is -2.17. The molecule has 1 aromatic heterocycles. The molecular formula is C24H31ClOS. The summed E-state index contributed by atoms with van der Waals surface area (Å²) in [6.07, 6.45) is 9.71. The zero-order chi connectivity index (χ0) is 19.1. The SMILES string of the molecule is CCCCC[C@@H](O)c1ccc(C2=C(Cl)CC[C@@H]2CCCc2cccs2)cc1. The number of aliphatic hydroxyl groups excluding tert-OH is 1. The molecule has 0 fully saturated rings. The molecule has 3 heteroatoms. The zero-order valence-electron chi connectivity index (χ0n) is 16.3. The fourth-order valence-electron chi connectivity index (χ4n) is 4.10. The molecule has 0 amide bonds. The van der Waals surface area contributed by atoms with Gasteiger partial charge in [0, 0.05) is 9.91 Å². The van der Waals surface area contributed by atoms with Crippen molar-refractivity contribution in [2.75, 3.05) is 0 Å². The average Bonchev–Trinajstić information content (AvgIpc) is 3.32. The van der Waals surface area contributed by atoms with E-state index in [1.807, 2.05) is 11.3 Å². The number of hydrogen-bond donors (Lipinski definition) is 1. The number of allylic oxidation sites excluding steroid dienone is 2. The monoisotopic (exact) mass is 402 g/mol. The van der Waals surface area contributed by atoms with Gasteiger partial charge in [0.2, 0.25) is 0 Å². The molecule has 0 saturated heterocycles. The van der Waals surface area contributed by atoms with Crippen LogP contribution in [0.4, 0.5) is 0 Å². The number of hydrogen-bond acceptors (Lipinski definition) is 2. The van der Waals surface area contributed by atoms with Crippen molar-refractivity contribution in [2.24, 2.45) is 5.92 Å². The zero-order valence-corrected chi connectivity index (χ0v) is 17.9. The molecule has 1 aliphatic rings. The smallest absolute Gasteiger partial charge is 0.0790 e. The van der Waals surface area contributed by atoms with E-state index in [1.54, 1.807) is 0 Å².